The first-order chi connectivity index (χ1) is 14.8. The third-order valence-corrected chi connectivity index (χ3v) is 7.47. The smallest absolute Gasteiger partial charge is 0.323 e. The largest absolute Gasteiger partial charge is 0.465 e. The van der Waals surface area contributed by atoms with Crippen molar-refractivity contribution in [2.24, 2.45) is 5.41 Å². The van der Waals surface area contributed by atoms with Crippen molar-refractivity contribution >= 4 is 26.9 Å². The highest BCUT2D eigenvalue weighted by molar-refractivity contribution is 7.90. The van der Waals surface area contributed by atoms with Gasteiger partial charge in [0.2, 0.25) is 0 Å². The quantitative estimate of drug-likeness (QED) is 0.614. The van der Waals surface area contributed by atoms with E-state index in [9.17, 15) is 18.5 Å². The standard InChI is InChI=1S/C23H23N3O4S/c1-3-30-22(27)19-13-23(2,15-24)21(25-19)18-14-26(20-12-8-7-11-17(18)20)31(28,29)16-9-5-4-6-10-16/h4-12,14,19,21,25H,3,13H2,1-2H3. The second-order valence-corrected chi connectivity index (χ2v) is 9.67. The molecule has 2 aromatic carbocycles. The summed E-state index contributed by atoms with van der Waals surface area (Å²) in [5.41, 5.74) is 0.261. The first-order valence-corrected chi connectivity index (χ1v) is 11.5. The van der Waals surface area contributed by atoms with Crippen LogP contribution in [0.2, 0.25) is 0 Å². The number of rotatable bonds is 5. The van der Waals surface area contributed by atoms with Crippen LogP contribution in [-0.4, -0.2) is 31.0 Å². The van der Waals surface area contributed by atoms with E-state index in [1.807, 2.05) is 12.1 Å². The van der Waals surface area contributed by atoms with Crippen molar-refractivity contribution in [3.8, 4) is 6.07 Å². The number of nitrogens with one attached hydrogen (secondary N) is 1. The fourth-order valence-corrected chi connectivity index (χ4v) is 5.63. The number of para-hydroxylation sites is 1. The molecule has 8 heteroatoms. The summed E-state index contributed by atoms with van der Waals surface area (Å²) in [7, 11) is -3.84. The molecule has 1 saturated heterocycles. The van der Waals surface area contributed by atoms with Gasteiger partial charge in [0, 0.05) is 11.6 Å². The number of hydrogen-bond donors (Lipinski definition) is 1. The van der Waals surface area contributed by atoms with E-state index in [2.05, 4.69) is 11.4 Å². The Morgan fingerprint density at radius 1 is 1.23 bits per heavy atom. The Hall–Kier alpha value is -3.15. The van der Waals surface area contributed by atoms with Gasteiger partial charge in [0.15, 0.2) is 0 Å². The van der Waals surface area contributed by atoms with E-state index in [0.29, 0.717) is 16.5 Å². The summed E-state index contributed by atoms with van der Waals surface area (Å²) in [6.45, 7) is 3.76. The highest BCUT2D eigenvalue weighted by Gasteiger charge is 2.49. The molecule has 1 N–H and O–H groups in total. The molecule has 31 heavy (non-hydrogen) atoms. The van der Waals surface area contributed by atoms with E-state index in [4.69, 9.17) is 4.74 Å². The van der Waals surface area contributed by atoms with Gasteiger partial charge in [0.25, 0.3) is 10.0 Å². The maximum absolute atomic E-state index is 13.4. The summed E-state index contributed by atoms with van der Waals surface area (Å²) in [6, 6.07) is 16.5. The number of carbonyl (C=O) groups is 1. The molecule has 0 radical (unpaired) electrons. The molecule has 1 aliphatic heterocycles. The van der Waals surface area contributed by atoms with Crippen LogP contribution in [0.4, 0.5) is 0 Å². The molecule has 0 saturated carbocycles. The van der Waals surface area contributed by atoms with Gasteiger partial charge in [-0.3, -0.25) is 10.1 Å². The Bertz CT molecular complexity index is 1280. The summed E-state index contributed by atoms with van der Waals surface area (Å²) in [5.74, 6) is -0.410. The number of benzene rings is 2. The van der Waals surface area contributed by atoms with Crippen molar-refractivity contribution in [3.05, 3.63) is 66.4 Å². The van der Waals surface area contributed by atoms with Crippen LogP contribution in [-0.2, 0) is 19.6 Å². The molecular weight excluding hydrogens is 414 g/mol. The zero-order valence-corrected chi connectivity index (χ0v) is 18.1. The molecule has 0 amide bonds. The van der Waals surface area contributed by atoms with Crippen molar-refractivity contribution in [2.75, 3.05) is 6.61 Å². The van der Waals surface area contributed by atoms with E-state index in [1.54, 1.807) is 62.5 Å². The van der Waals surface area contributed by atoms with E-state index < -0.39 is 33.5 Å². The number of carbonyl (C=O) groups excluding carboxylic acids is 1. The monoisotopic (exact) mass is 437 g/mol. The minimum Gasteiger partial charge on any atom is -0.465 e. The van der Waals surface area contributed by atoms with E-state index in [0.717, 1.165) is 0 Å². The van der Waals surface area contributed by atoms with Crippen molar-refractivity contribution in [1.29, 1.82) is 5.26 Å². The highest BCUT2D eigenvalue weighted by atomic mass is 32.2. The minimum absolute atomic E-state index is 0.175. The summed E-state index contributed by atoms with van der Waals surface area (Å²) >= 11 is 0. The van der Waals surface area contributed by atoms with Crippen molar-refractivity contribution in [2.45, 2.75) is 37.2 Å². The zero-order valence-electron chi connectivity index (χ0n) is 17.3. The van der Waals surface area contributed by atoms with Crippen molar-refractivity contribution < 1.29 is 17.9 Å². The predicted octanol–water partition coefficient (Wildman–Crippen LogP) is 3.37. The molecule has 0 spiro atoms. The molecule has 3 unspecified atom stereocenters. The Labute approximate surface area is 181 Å². The predicted molar refractivity (Wildman–Crippen MR) is 116 cm³/mol. The van der Waals surface area contributed by atoms with Crippen LogP contribution in [0.1, 0.15) is 31.9 Å². The minimum atomic E-state index is -3.84. The van der Waals surface area contributed by atoms with Gasteiger partial charge < -0.3 is 4.74 Å². The van der Waals surface area contributed by atoms with Crippen LogP contribution in [0.5, 0.6) is 0 Å². The first kappa shape index (κ1) is 21.1. The molecule has 160 valence electrons. The number of esters is 1. The van der Waals surface area contributed by atoms with Crippen LogP contribution < -0.4 is 5.32 Å². The van der Waals surface area contributed by atoms with E-state index in [-0.39, 0.29) is 17.9 Å². The van der Waals surface area contributed by atoms with Gasteiger partial charge in [-0.15, -0.1) is 0 Å². The fraction of sp³-hybridized carbons (Fsp3) is 0.304. The van der Waals surface area contributed by atoms with Gasteiger partial charge in [-0.1, -0.05) is 36.4 Å². The molecular formula is C23H23N3O4S. The summed E-state index contributed by atoms with van der Waals surface area (Å²) < 4.78 is 33.1. The molecule has 1 fully saturated rings. The number of fused-ring (bicyclic) bond motifs is 1. The second kappa shape index (κ2) is 7.84. The third-order valence-electron chi connectivity index (χ3n) is 5.78. The lowest BCUT2D eigenvalue weighted by Crippen LogP contribution is -2.34. The van der Waals surface area contributed by atoms with Gasteiger partial charge in [-0.25, -0.2) is 12.4 Å². The van der Waals surface area contributed by atoms with Crippen LogP contribution in [0.15, 0.2) is 65.7 Å². The van der Waals surface area contributed by atoms with Crippen LogP contribution >= 0.6 is 0 Å². The van der Waals surface area contributed by atoms with Crippen LogP contribution in [0.3, 0.4) is 0 Å². The topological polar surface area (TPSA) is 101 Å². The molecule has 1 aliphatic rings. The number of nitrogens with zero attached hydrogens (tertiary/aromatic N) is 2. The molecule has 2 heterocycles. The molecule has 0 aliphatic carbocycles. The Kier molecular flexibility index (Phi) is 5.33. The second-order valence-electron chi connectivity index (χ2n) is 7.85. The molecule has 4 rings (SSSR count). The lowest BCUT2D eigenvalue weighted by atomic mass is 9.80. The first-order valence-electron chi connectivity index (χ1n) is 10.1. The third kappa shape index (κ3) is 3.50. The molecule has 7 nitrogen and oxygen atoms in total. The lowest BCUT2D eigenvalue weighted by Gasteiger charge is -2.23. The lowest BCUT2D eigenvalue weighted by molar-refractivity contribution is -0.145. The average molecular weight is 438 g/mol. The van der Waals surface area contributed by atoms with E-state index >= 15 is 0 Å². The Morgan fingerprint density at radius 3 is 2.58 bits per heavy atom. The normalized spacial score (nSPS) is 23.5. The molecule has 1 aromatic heterocycles. The van der Waals surface area contributed by atoms with Gasteiger partial charge >= 0.3 is 5.97 Å². The maximum atomic E-state index is 13.4. The van der Waals surface area contributed by atoms with Crippen LogP contribution in [0.25, 0.3) is 10.9 Å². The summed E-state index contributed by atoms with van der Waals surface area (Å²) in [4.78, 5) is 12.5. The van der Waals surface area contributed by atoms with Gasteiger partial charge in [0.05, 0.1) is 34.5 Å². The Balaban J connectivity index is 1.86. The molecule has 3 aromatic rings. The van der Waals surface area contributed by atoms with Gasteiger partial charge in [-0.2, -0.15) is 5.26 Å². The van der Waals surface area contributed by atoms with E-state index in [1.165, 1.54) is 3.97 Å². The van der Waals surface area contributed by atoms with Gasteiger partial charge in [0.1, 0.15) is 6.04 Å². The van der Waals surface area contributed by atoms with Crippen molar-refractivity contribution in [3.63, 3.8) is 0 Å². The molecule has 3 atom stereocenters. The Morgan fingerprint density at radius 2 is 1.90 bits per heavy atom. The number of aromatic nitrogens is 1. The van der Waals surface area contributed by atoms with Gasteiger partial charge in [-0.05, 0) is 44.0 Å². The number of nitriles is 1. The maximum Gasteiger partial charge on any atom is 0.323 e. The molecule has 0 bridgehead atoms. The summed E-state index contributed by atoms with van der Waals surface area (Å²) in [6.07, 6.45) is 1.84. The highest BCUT2D eigenvalue weighted by Crippen LogP contribution is 2.46. The van der Waals surface area contributed by atoms with Crippen LogP contribution in [0, 0.1) is 16.7 Å². The fourth-order valence-electron chi connectivity index (χ4n) is 4.23. The SMILES string of the molecule is CCOC(=O)C1CC(C)(C#N)C(c2cn(S(=O)(=O)c3ccccc3)c3ccccc23)N1. The average Bonchev–Trinajstić information content (AvgIpc) is 3.33. The summed E-state index contributed by atoms with van der Waals surface area (Å²) in [5, 5.41) is 13.9. The zero-order chi connectivity index (χ0) is 22.2. The van der Waals surface area contributed by atoms with Crippen molar-refractivity contribution in [1.82, 2.24) is 9.29 Å². The number of hydrogen-bond acceptors (Lipinski definition) is 6. The number of ether oxygens (including phenoxy) is 1.